The van der Waals surface area contributed by atoms with E-state index < -0.39 is 5.54 Å². The molecule has 3 amide bonds. The number of hydrogen-bond acceptors (Lipinski definition) is 5. The number of amides is 3. The molecule has 8 heteroatoms. The predicted molar refractivity (Wildman–Crippen MR) is 88.2 cm³/mol. The summed E-state index contributed by atoms with van der Waals surface area (Å²) in [6, 6.07) is -0.152. The number of piperidine rings is 1. The van der Waals surface area contributed by atoms with Crippen LogP contribution in [0, 0.1) is 12.8 Å². The Morgan fingerprint density at radius 1 is 1.25 bits per heavy atom. The van der Waals surface area contributed by atoms with Crippen LogP contribution in [0.15, 0.2) is 6.33 Å². The van der Waals surface area contributed by atoms with Crippen molar-refractivity contribution in [1.82, 2.24) is 29.9 Å². The number of hydrogen-bond donors (Lipinski definition) is 1. The second-order valence-corrected chi connectivity index (χ2v) is 7.10. The summed E-state index contributed by atoms with van der Waals surface area (Å²) in [5.41, 5.74) is -0.658. The SMILES string of the molecule is Cc1nncn1CCN1C(=O)N(CC(C)C)C2(CCNCC2)C1=O. The average molecular weight is 334 g/mol. The molecule has 3 heterocycles. The van der Waals surface area contributed by atoms with Crippen LogP contribution >= 0.6 is 0 Å². The number of urea groups is 1. The van der Waals surface area contributed by atoms with Gasteiger partial charge in [-0.25, -0.2) is 4.79 Å². The maximum Gasteiger partial charge on any atom is 0.327 e. The van der Waals surface area contributed by atoms with Crippen molar-refractivity contribution in [3.63, 3.8) is 0 Å². The Labute approximate surface area is 142 Å². The van der Waals surface area contributed by atoms with Gasteiger partial charge in [0, 0.05) is 19.6 Å². The second kappa shape index (κ2) is 6.51. The Bertz CT molecular complexity index is 620. The fraction of sp³-hybridized carbons (Fsp3) is 0.750. The molecule has 1 aromatic heterocycles. The van der Waals surface area contributed by atoms with Gasteiger partial charge >= 0.3 is 6.03 Å². The summed E-state index contributed by atoms with van der Waals surface area (Å²) in [4.78, 5) is 29.3. The number of carbonyl (C=O) groups is 2. The van der Waals surface area contributed by atoms with E-state index in [0.29, 0.717) is 38.4 Å². The van der Waals surface area contributed by atoms with E-state index in [1.807, 2.05) is 16.4 Å². The molecule has 1 spiro atoms. The Morgan fingerprint density at radius 3 is 2.54 bits per heavy atom. The van der Waals surface area contributed by atoms with Gasteiger partial charge in [0.05, 0.1) is 0 Å². The number of rotatable bonds is 5. The number of imide groups is 1. The molecule has 0 radical (unpaired) electrons. The van der Waals surface area contributed by atoms with Gasteiger partial charge < -0.3 is 14.8 Å². The number of nitrogens with one attached hydrogen (secondary N) is 1. The van der Waals surface area contributed by atoms with Gasteiger partial charge in [-0.3, -0.25) is 9.69 Å². The number of aromatic nitrogens is 3. The summed E-state index contributed by atoms with van der Waals surface area (Å²) in [5.74, 6) is 1.07. The first kappa shape index (κ1) is 16.9. The lowest BCUT2D eigenvalue weighted by molar-refractivity contribution is -0.134. The van der Waals surface area contributed by atoms with Crippen molar-refractivity contribution in [3.8, 4) is 0 Å². The average Bonchev–Trinajstić information content (AvgIpc) is 3.04. The van der Waals surface area contributed by atoms with Crippen LogP contribution in [-0.2, 0) is 11.3 Å². The number of carbonyl (C=O) groups excluding carboxylic acids is 2. The van der Waals surface area contributed by atoms with Gasteiger partial charge in [-0.1, -0.05) is 13.8 Å². The standard InChI is InChI=1S/C16H26N6O2/c1-12(2)10-22-15(24)21(9-8-20-11-18-19-13(20)3)14(23)16(22)4-6-17-7-5-16/h11-12,17H,4-10H2,1-3H3. The first-order valence-corrected chi connectivity index (χ1v) is 8.64. The molecular formula is C16H26N6O2. The quantitative estimate of drug-likeness (QED) is 0.799. The van der Waals surface area contributed by atoms with Crippen molar-refractivity contribution in [3.05, 3.63) is 12.2 Å². The lowest BCUT2D eigenvalue weighted by Crippen LogP contribution is -2.56. The van der Waals surface area contributed by atoms with Crippen molar-refractivity contribution in [2.45, 2.75) is 45.7 Å². The lowest BCUT2D eigenvalue weighted by atomic mass is 9.86. The van der Waals surface area contributed by atoms with Gasteiger partial charge in [0.2, 0.25) is 0 Å². The molecule has 0 bridgehead atoms. The molecule has 24 heavy (non-hydrogen) atoms. The molecule has 0 aromatic carbocycles. The van der Waals surface area contributed by atoms with Gasteiger partial charge in [0.25, 0.3) is 5.91 Å². The highest BCUT2D eigenvalue weighted by molar-refractivity contribution is 6.07. The highest BCUT2D eigenvalue weighted by Gasteiger charge is 2.56. The maximum absolute atomic E-state index is 13.1. The largest absolute Gasteiger partial charge is 0.327 e. The highest BCUT2D eigenvalue weighted by Crippen LogP contribution is 2.36. The fourth-order valence-electron chi connectivity index (χ4n) is 3.66. The summed E-state index contributed by atoms with van der Waals surface area (Å²) in [6.07, 6.45) is 3.01. The Hall–Kier alpha value is -1.96. The van der Waals surface area contributed by atoms with Crippen molar-refractivity contribution >= 4 is 11.9 Å². The lowest BCUT2D eigenvalue weighted by Gasteiger charge is -2.39. The molecule has 2 fully saturated rings. The van der Waals surface area contributed by atoms with Crippen LogP contribution in [0.1, 0.15) is 32.5 Å². The van der Waals surface area contributed by atoms with Crippen LogP contribution in [0.4, 0.5) is 4.79 Å². The summed E-state index contributed by atoms with van der Waals surface area (Å²) < 4.78 is 1.86. The topological polar surface area (TPSA) is 83.4 Å². The van der Waals surface area contributed by atoms with Crippen LogP contribution in [0.2, 0.25) is 0 Å². The monoisotopic (exact) mass is 334 g/mol. The zero-order valence-corrected chi connectivity index (χ0v) is 14.7. The van der Waals surface area contributed by atoms with E-state index in [0.717, 1.165) is 18.9 Å². The van der Waals surface area contributed by atoms with Crippen LogP contribution in [0.5, 0.6) is 0 Å². The molecule has 2 aliphatic heterocycles. The Morgan fingerprint density at radius 2 is 1.96 bits per heavy atom. The van der Waals surface area contributed by atoms with E-state index in [-0.39, 0.29) is 11.9 Å². The van der Waals surface area contributed by atoms with E-state index in [1.165, 1.54) is 4.90 Å². The predicted octanol–water partition coefficient (Wildman–Crippen LogP) is 0.629. The molecule has 0 unspecified atom stereocenters. The van der Waals surface area contributed by atoms with Gasteiger partial charge in [0.1, 0.15) is 17.7 Å². The van der Waals surface area contributed by atoms with E-state index in [1.54, 1.807) is 6.33 Å². The minimum atomic E-state index is -0.658. The zero-order valence-electron chi connectivity index (χ0n) is 14.7. The van der Waals surface area contributed by atoms with Crippen molar-refractivity contribution in [1.29, 1.82) is 0 Å². The molecule has 0 saturated carbocycles. The van der Waals surface area contributed by atoms with Crippen LogP contribution in [-0.4, -0.2) is 68.2 Å². The smallest absolute Gasteiger partial charge is 0.317 e. The summed E-state index contributed by atoms with van der Waals surface area (Å²) in [6.45, 7) is 9.07. The second-order valence-electron chi connectivity index (χ2n) is 7.10. The van der Waals surface area contributed by atoms with Gasteiger partial charge in [0.15, 0.2) is 0 Å². The van der Waals surface area contributed by atoms with Crippen LogP contribution in [0.25, 0.3) is 0 Å². The van der Waals surface area contributed by atoms with Gasteiger partial charge in [-0.15, -0.1) is 10.2 Å². The molecule has 2 saturated heterocycles. The van der Waals surface area contributed by atoms with Crippen molar-refractivity contribution in [2.24, 2.45) is 5.92 Å². The molecule has 0 atom stereocenters. The summed E-state index contributed by atoms with van der Waals surface area (Å²) in [7, 11) is 0. The van der Waals surface area contributed by atoms with E-state index in [2.05, 4.69) is 29.4 Å². The highest BCUT2D eigenvalue weighted by atomic mass is 16.2. The maximum atomic E-state index is 13.1. The normalized spacial score (nSPS) is 20.7. The van der Waals surface area contributed by atoms with Crippen molar-refractivity contribution < 1.29 is 9.59 Å². The Balaban J connectivity index is 1.81. The minimum absolute atomic E-state index is 0.0413. The molecular weight excluding hydrogens is 308 g/mol. The van der Waals surface area contributed by atoms with E-state index in [9.17, 15) is 9.59 Å². The Kier molecular flexibility index (Phi) is 4.58. The van der Waals surface area contributed by atoms with Crippen molar-refractivity contribution in [2.75, 3.05) is 26.2 Å². The minimum Gasteiger partial charge on any atom is -0.317 e. The first-order chi connectivity index (χ1) is 11.5. The molecule has 8 nitrogen and oxygen atoms in total. The molecule has 2 aliphatic rings. The zero-order chi connectivity index (χ0) is 17.3. The van der Waals surface area contributed by atoms with E-state index in [4.69, 9.17) is 0 Å². The first-order valence-electron chi connectivity index (χ1n) is 8.64. The third kappa shape index (κ3) is 2.79. The molecule has 1 aromatic rings. The number of nitrogens with zero attached hydrogens (tertiary/aromatic N) is 5. The summed E-state index contributed by atoms with van der Waals surface area (Å²) >= 11 is 0. The van der Waals surface area contributed by atoms with Gasteiger partial charge in [-0.2, -0.15) is 0 Å². The third-order valence-corrected chi connectivity index (χ3v) is 4.97. The number of aryl methyl sites for hydroxylation is 1. The van der Waals surface area contributed by atoms with Gasteiger partial charge in [-0.05, 0) is 38.8 Å². The molecule has 1 N–H and O–H groups in total. The van der Waals surface area contributed by atoms with Crippen LogP contribution in [0.3, 0.4) is 0 Å². The molecule has 3 rings (SSSR count). The molecule has 132 valence electrons. The van der Waals surface area contributed by atoms with Crippen LogP contribution < -0.4 is 5.32 Å². The van der Waals surface area contributed by atoms with E-state index >= 15 is 0 Å². The summed E-state index contributed by atoms with van der Waals surface area (Å²) in [5, 5.41) is 11.1. The third-order valence-electron chi connectivity index (χ3n) is 4.97. The fourth-order valence-corrected chi connectivity index (χ4v) is 3.66. The molecule has 0 aliphatic carbocycles.